The van der Waals surface area contributed by atoms with Gasteiger partial charge in [-0.05, 0) is 37.1 Å². The van der Waals surface area contributed by atoms with Crippen molar-refractivity contribution < 1.29 is 19.0 Å². The molecule has 0 unspecified atom stereocenters. The first-order valence-corrected chi connectivity index (χ1v) is 9.75. The van der Waals surface area contributed by atoms with E-state index in [0.29, 0.717) is 22.5 Å². The average molecular weight is 417 g/mol. The van der Waals surface area contributed by atoms with Crippen LogP contribution in [0.25, 0.3) is 22.5 Å². The summed E-state index contributed by atoms with van der Waals surface area (Å²) in [6, 6.07) is 15.8. The minimum atomic E-state index is -0.467. The molecule has 0 saturated heterocycles. The SMILES string of the molecule is COC(=O)COCCOc1nc(-c2ncccc2C)cc(-c2ccc(C)cc2)c1C#N. The highest BCUT2D eigenvalue weighted by Crippen LogP contribution is 2.33. The smallest absolute Gasteiger partial charge is 0.331 e. The van der Waals surface area contributed by atoms with Gasteiger partial charge in [-0.2, -0.15) is 5.26 Å². The Bertz CT molecular complexity index is 1100. The van der Waals surface area contributed by atoms with E-state index >= 15 is 0 Å². The number of carbonyl (C=O) groups is 1. The van der Waals surface area contributed by atoms with E-state index in [1.54, 1.807) is 6.20 Å². The second-order valence-electron chi connectivity index (χ2n) is 6.86. The first kappa shape index (κ1) is 21.9. The fourth-order valence-corrected chi connectivity index (χ4v) is 2.98. The third-order valence-corrected chi connectivity index (χ3v) is 4.63. The monoisotopic (exact) mass is 417 g/mol. The third kappa shape index (κ3) is 5.44. The Labute approximate surface area is 181 Å². The predicted molar refractivity (Wildman–Crippen MR) is 115 cm³/mol. The fraction of sp³-hybridized carbons (Fsp3) is 0.250. The van der Waals surface area contributed by atoms with Gasteiger partial charge in [0.2, 0.25) is 5.88 Å². The normalized spacial score (nSPS) is 10.4. The molecule has 3 rings (SSSR count). The summed E-state index contributed by atoms with van der Waals surface area (Å²) in [5, 5.41) is 9.86. The molecule has 31 heavy (non-hydrogen) atoms. The molecule has 2 heterocycles. The maximum absolute atomic E-state index is 11.2. The van der Waals surface area contributed by atoms with Gasteiger partial charge in [-0.25, -0.2) is 9.78 Å². The van der Waals surface area contributed by atoms with Crippen molar-refractivity contribution in [2.45, 2.75) is 13.8 Å². The molecule has 0 saturated carbocycles. The number of benzene rings is 1. The van der Waals surface area contributed by atoms with Gasteiger partial charge in [0.05, 0.1) is 25.1 Å². The van der Waals surface area contributed by atoms with E-state index in [1.807, 2.05) is 56.3 Å². The van der Waals surface area contributed by atoms with Crippen LogP contribution in [0, 0.1) is 25.2 Å². The molecule has 1 aromatic carbocycles. The van der Waals surface area contributed by atoms with Crippen LogP contribution in [-0.2, 0) is 14.3 Å². The zero-order valence-electron chi connectivity index (χ0n) is 17.7. The van der Waals surface area contributed by atoms with E-state index in [1.165, 1.54) is 7.11 Å². The number of aromatic nitrogens is 2. The van der Waals surface area contributed by atoms with Gasteiger partial charge in [-0.15, -0.1) is 0 Å². The number of nitrogens with zero attached hydrogens (tertiary/aromatic N) is 3. The van der Waals surface area contributed by atoms with Crippen LogP contribution in [0.15, 0.2) is 48.7 Å². The molecule has 0 atom stereocenters. The van der Waals surface area contributed by atoms with Gasteiger partial charge in [-0.3, -0.25) is 4.98 Å². The first-order chi connectivity index (χ1) is 15.0. The number of esters is 1. The summed E-state index contributed by atoms with van der Waals surface area (Å²) >= 11 is 0. The highest BCUT2D eigenvalue weighted by Gasteiger charge is 2.18. The van der Waals surface area contributed by atoms with Gasteiger partial charge in [-0.1, -0.05) is 35.9 Å². The molecule has 0 amide bonds. The zero-order valence-corrected chi connectivity index (χ0v) is 17.7. The number of hydrogen-bond donors (Lipinski definition) is 0. The van der Waals surface area contributed by atoms with Crippen LogP contribution < -0.4 is 4.74 Å². The highest BCUT2D eigenvalue weighted by molar-refractivity contribution is 5.77. The Morgan fingerprint density at radius 2 is 1.90 bits per heavy atom. The second-order valence-corrected chi connectivity index (χ2v) is 6.86. The molecule has 0 aliphatic heterocycles. The quantitative estimate of drug-likeness (QED) is 0.406. The number of methoxy groups -OCH3 is 1. The Kier molecular flexibility index (Phi) is 7.31. The van der Waals surface area contributed by atoms with Crippen molar-refractivity contribution in [1.29, 1.82) is 5.26 Å². The van der Waals surface area contributed by atoms with Crippen LogP contribution in [0.3, 0.4) is 0 Å². The number of ether oxygens (including phenoxy) is 3. The van der Waals surface area contributed by atoms with Gasteiger partial charge >= 0.3 is 5.97 Å². The molecule has 0 spiro atoms. The molecule has 7 heteroatoms. The Balaban J connectivity index is 1.98. The Morgan fingerprint density at radius 3 is 2.58 bits per heavy atom. The van der Waals surface area contributed by atoms with Gasteiger partial charge in [0.1, 0.15) is 24.8 Å². The van der Waals surface area contributed by atoms with Crippen LogP contribution in [0.4, 0.5) is 0 Å². The summed E-state index contributed by atoms with van der Waals surface area (Å²) < 4.78 is 15.5. The molecule has 7 nitrogen and oxygen atoms in total. The van der Waals surface area contributed by atoms with Crippen LogP contribution in [-0.4, -0.2) is 42.9 Å². The lowest BCUT2D eigenvalue weighted by molar-refractivity contribution is -0.146. The van der Waals surface area contributed by atoms with E-state index in [2.05, 4.69) is 20.8 Å². The lowest BCUT2D eigenvalue weighted by Gasteiger charge is -2.14. The van der Waals surface area contributed by atoms with Gasteiger partial charge in [0, 0.05) is 11.8 Å². The van der Waals surface area contributed by atoms with Crippen LogP contribution in [0.1, 0.15) is 16.7 Å². The molecule has 0 bridgehead atoms. The van der Waals surface area contributed by atoms with E-state index in [0.717, 1.165) is 16.7 Å². The minimum Gasteiger partial charge on any atom is -0.474 e. The maximum atomic E-state index is 11.2. The van der Waals surface area contributed by atoms with Crippen LogP contribution in [0.5, 0.6) is 5.88 Å². The lowest BCUT2D eigenvalue weighted by atomic mass is 9.98. The van der Waals surface area contributed by atoms with Gasteiger partial charge in [0.15, 0.2) is 0 Å². The van der Waals surface area contributed by atoms with Crippen molar-refractivity contribution >= 4 is 5.97 Å². The third-order valence-electron chi connectivity index (χ3n) is 4.63. The van der Waals surface area contributed by atoms with Crippen molar-refractivity contribution in [3.8, 4) is 34.5 Å². The van der Waals surface area contributed by atoms with Crippen LogP contribution in [0.2, 0.25) is 0 Å². The van der Waals surface area contributed by atoms with Crippen molar-refractivity contribution in [2.24, 2.45) is 0 Å². The summed E-state index contributed by atoms with van der Waals surface area (Å²) in [6.07, 6.45) is 1.70. The Morgan fingerprint density at radius 1 is 1.13 bits per heavy atom. The molecule has 3 aromatic rings. The van der Waals surface area contributed by atoms with Crippen molar-refractivity contribution in [3.05, 3.63) is 65.4 Å². The maximum Gasteiger partial charge on any atom is 0.331 e. The number of hydrogen-bond acceptors (Lipinski definition) is 7. The van der Waals surface area contributed by atoms with E-state index in [4.69, 9.17) is 9.47 Å². The summed E-state index contributed by atoms with van der Waals surface area (Å²) in [7, 11) is 1.29. The van der Waals surface area contributed by atoms with E-state index in [-0.39, 0.29) is 25.7 Å². The molecule has 0 radical (unpaired) electrons. The summed E-state index contributed by atoms with van der Waals surface area (Å²) in [5.41, 5.74) is 5.33. The standard InChI is InChI=1S/C24H23N3O4/c1-16-6-8-18(9-7-16)19-13-21(23-17(2)5-4-10-26-23)27-24(20(19)14-25)31-12-11-30-15-22(28)29-3/h4-10,13H,11-12,15H2,1-3H3. The minimum absolute atomic E-state index is 0.122. The number of carbonyl (C=O) groups excluding carboxylic acids is 1. The molecular weight excluding hydrogens is 394 g/mol. The summed E-state index contributed by atoms with van der Waals surface area (Å²) in [5.74, 6) is -0.271. The number of aryl methyl sites for hydroxylation is 2. The van der Waals surface area contributed by atoms with Gasteiger partial charge < -0.3 is 14.2 Å². The highest BCUT2D eigenvalue weighted by atomic mass is 16.6. The average Bonchev–Trinajstić information content (AvgIpc) is 2.79. The molecule has 0 N–H and O–H groups in total. The molecule has 0 aliphatic rings. The van der Waals surface area contributed by atoms with Gasteiger partial charge in [0.25, 0.3) is 0 Å². The molecular formula is C24H23N3O4. The number of rotatable bonds is 8. The number of pyridine rings is 2. The predicted octanol–water partition coefficient (Wildman–Crippen LogP) is 3.87. The largest absolute Gasteiger partial charge is 0.474 e. The van der Waals surface area contributed by atoms with E-state index < -0.39 is 5.97 Å². The summed E-state index contributed by atoms with van der Waals surface area (Å²) in [6.45, 7) is 4.06. The zero-order chi connectivity index (χ0) is 22.2. The molecule has 0 fully saturated rings. The van der Waals surface area contributed by atoms with Crippen molar-refractivity contribution in [1.82, 2.24) is 9.97 Å². The first-order valence-electron chi connectivity index (χ1n) is 9.75. The fourth-order valence-electron chi connectivity index (χ4n) is 2.98. The molecule has 2 aromatic heterocycles. The lowest BCUT2D eigenvalue weighted by Crippen LogP contribution is -2.15. The topological polar surface area (TPSA) is 94.3 Å². The van der Waals surface area contributed by atoms with Crippen molar-refractivity contribution in [2.75, 3.05) is 26.9 Å². The van der Waals surface area contributed by atoms with Crippen LogP contribution >= 0.6 is 0 Å². The summed E-state index contributed by atoms with van der Waals surface area (Å²) in [4.78, 5) is 20.2. The molecule has 158 valence electrons. The second kappa shape index (κ2) is 10.3. The Hall–Kier alpha value is -3.76. The number of nitriles is 1. The van der Waals surface area contributed by atoms with E-state index in [9.17, 15) is 10.1 Å². The molecule has 0 aliphatic carbocycles. The van der Waals surface area contributed by atoms with Crippen molar-refractivity contribution in [3.63, 3.8) is 0 Å².